The number of halogens is 4. The van der Waals surface area contributed by atoms with Gasteiger partial charge in [0.05, 0.1) is 10.1 Å². The van der Waals surface area contributed by atoms with E-state index in [0.717, 1.165) is 22.3 Å². The second kappa shape index (κ2) is 13.1. The number of aryl methyl sites for hydroxylation is 4. The van der Waals surface area contributed by atoms with Gasteiger partial charge >= 0.3 is 0 Å². The predicted molar refractivity (Wildman–Crippen MR) is 171 cm³/mol. The second-order valence-electron chi connectivity index (χ2n) is 9.61. The van der Waals surface area contributed by atoms with Gasteiger partial charge in [-0.2, -0.15) is 0 Å². The molecule has 41 heavy (non-hydrogen) atoms. The zero-order valence-corrected chi connectivity index (χ0v) is 25.8. The lowest BCUT2D eigenvalue weighted by Crippen LogP contribution is -2.03. The van der Waals surface area contributed by atoms with E-state index in [-0.39, 0.29) is 31.7 Å². The molecule has 4 rings (SSSR count). The van der Waals surface area contributed by atoms with Crippen LogP contribution in [0.1, 0.15) is 54.1 Å². The highest BCUT2D eigenvalue weighted by molar-refractivity contribution is 6.61. The number of allylic oxidation sites excluding steroid dienone is 2. The molecular formula is C34H26Cl4O3. The largest absolute Gasteiger partial charge is 0.457 e. The van der Waals surface area contributed by atoms with E-state index in [0.29, 0.717) is 33.8 Å². The van der Waals surface area contributed by atoms with Crippen LogP contribution in [-0.2, 0) is 0 Å². The second-order valence-corrected chi connectivity index (χ2v) is 11.1. The Kier molecular flexibility index (Phi) is 9.78. The molecule has 0 spiro atoms. The standard InChI is InChI=1S/C34H26Cl4O3/c1-19-9-5-7-11-25(19)29(35)31(37)33(39)23-13-15-27(21(3)17-23)41-28-16-14-24(18-22(28)4)34(40)32(38)30(36)26-12-8-6-10-20(26)2/h5-18H,1-4H3/b31-29+,32-30+. The molecule has 0 heterocycles. The van der Waals surface area contributed by atoms with Crippen molar-refractivity contribution in [3.8, 4) is 11.5 Å². The summed E-state index contributed by atoms with van der Waals surface area (Å²) in [5.41, 5.74) is 5.46. The molecule has 4 aromatic rings. The minimum Gasteiger partial charge on any atom is -0.457 e. The summed E-state index contributed by atoms with van der Waals surface area (Å²) in [4.78, 5) is 26.2. The first-order valence-electron chi connectivity index (χ1n) is 12.7. The van der Waals surface area contributed by atoms with Gasteiger partial charge in [0.15, 0.2) is 0 Å². The number of hydrogen-bond donors (Lipinski definition) is 0. The summed E-state index contributed by atoms with van der Waals surface area (Å²) in [5.74, 6) is 0.328. The van der Waals surface area contributed by atoms with Gasteiger partial charge in [-0.15, -0.1) is 0 Å². The van der Waals surface area contributed by atoms with Gasteiger partial charge in [-0.25, -0.2) is 0 Å². The van der Waals surface area contributed by atoms with Crippen LogP contribution in [0.25, 0.3) is 10.1 Å². The fraction of sp³-hybridized carbons (Fsp3) is 0.118. The van der Waals surface area contributed by atoms with Gasteiger partial charge in [-0.3, -0.25) is 9.59 Å². The van der Waals surface area contributed by atoms with E-state index in [1.165, 1.54) is 0 Å². The van der Waals surface area contributed by atoms with Crippen molar-refractivity contribution in [2.45, 2.75) is 27.7 Å². The molecule has 3 nitrogen and oxygen atoms in total. The Morgan fingerprint density at radius 3 is 1.22 bits per heavy atom. The summed E-state index contributed by atoms with van der Waals surface area (Å²) in [6, 6.07) is 25.0. The van der Waals surface area contributed by atoms with E-state index >= 15 is 0 Å². The third-order valence-electron chi connectivity index (χ3n) is 6.64. The summed E-state index contributed by atoms with van der Waals surface area (Å²) in [5, 5.41) is 0.294. The lowest BCUT2D eigenvalue weighted by atomic mass is 10.0. The van der Waals surface area contributed by atoms with Gasteiger partial charge in [-0.1, -0.05) is 94.9 Å². The maximum Gasteiger partial charge on any atom is 0.205 e. The van der Waals surface area contributed by atoms with E-state index in [1.54, 1.807) is 36.4 Å². The van der Waals surface area contributed by atoms with Crippen LogP contribution in [0.5, 0.6) is 11.5 Å². The first-order chi connectivity index (χ1) is 19.5. The van der Waals surface area contributed by atoms with E-state index in [9.17, 15) is 9.59 Å². The average Bonchev–Trinajstić information content (AvgIpc) is 2.97. The third-order valence-corrected chi connectivity index (χ3v) is 8.34. The van der Waals surface area contributed by atoms with Crippen LogP contribution >= 0.6 is 46.4 Å². The Labute approximate surface area is 260 Å². The molecule has 0 N–H and O–H groups in total. The molecule has 0 atom stereocenters. The average molecular weight is 624 g/mol. The number of benzene rings is 4. The maximum atomic E-state index is 13.1. The molecule has 0 amide bonds. The molecule has 0 unspecified atom stereocenters. The van der Waals surface area contributed by atoms with Crippen LogP contribution in [0, 0.1) is 27.7 Å². The smallest absolute Gasteiger partial charge is 0.205 e. The summed E-state index contributed by atoms with van der Waals surface area (Å²) in [6.45, 7) is 7.47. The Morgan fingerprint density at radius 1 is 0.512 bits per heavy atom. The number of carbonyl (C=O) groups excluding carboxylic acids is 2. The normalized spacial score (nSPS) is 12.4. The molecule has 0 aromatic heterocycles. The third kappa shape index (κ3) is 6.77. The number of hydrogen-bond acceptors (Lipinski definition) is 3. The van der Waals surface area contributed by atoms with E-state index in [1.807, 2.05) is 76.2 Å². The molecule has 4 aromatic carbocycles. The first-order valence-corrected chi connectivity index (χ1v) is 14.2. The lowest BCUT2D eigenvalue weighted by Gasteiger charge is -2.13. The molecule has 0 radical (unpaired) electrons. The monoisotopic (exact) mass is 622 g/mol. The van der Waals surface area contributed by atoms with Crippen LogP contribution in [0.4, 0.5) is 0 Å². The van der Waals surface area contributed by atoms with Crippen LogP contribution in [0.3, 0.4) is 0 Å². The number of ketones is 2. The van der Waals surface area contributed by atoms with Crippen molar-refractivity contribution in [1.82, 2.24) is 0 Å². The predicted octanol–water partition coefficient (Wildman–Crippen LogP) is 10.8. The molecule has 208 valence electrons. The quantitative estimate of drug-likeness (QED) is 0.145. The lowest BCUT2D eigenvalue weighted by molar-refractivity contribution is 0.103. The molecule has 0 aliphatic heterocycles. The molecule has 0 fully saturated rings. The molecule has 0 aliphatic carbocycles. The highest BCUT2D eigenvalue weighted by atomic mass is 35.5. The molecule has 0 saturated heterocycles. The topological polar surface area (TPSA) is 43.4 Å². The molecule has 7 heteroatoms. The molecule has 0 saturated carbocycles. The summed E-state index contributed by atoms with van der Waals surface area (Å²) >= 11 is 25.8. The Hall–Kier alpha value is -3.34. The zero-order valence-electron chi connectivity index (χ0n) is 22.8. The van der Waals surface area contributed by atoms with E-state index < -0.39 is 0 Å². The number of Topliss-reactive ketones (excluding diaryl/α,β-unsaturated/α-hetero) is 2. The van der Waals surface area contributed by atoms with Gasteiger partial charge < -0.3 is 4.74 Å². The van der Waals surface area contributed by atoms with Crippen LogP contribution in [-0.4, -0.2) is 11.6 Å². The number of carbonyl (C=O) groups is 2. The highest BCUT2D eigenvalue weighted by Gasteiger charge is 2.20. The van der Waals surface area contributed by atoms with Crippen molar-refractivity contribution in [2.75, 3.05) is 0 Å². The molecular weight excluding hydrogens is 598 g/mol. The number of rotatable bonds is 8. The van der Waals surface area contributed by atoms with Crippen molar-refractivity contribution >= 4 is 68.0 Å². The van der Waals surface area contributed by atoms with Gasteiger partial charge in [0.25, 0.3) is 0 Å². The minimum absolute atomic E-state index is 0.0552. The van der Waals surface area contributed by atoms with Crippen LogP contribution in [0.2, 0.25) is 0 Å². The minimum atomic E-state index is -0.386. The van der Waals surface area contributed by atoms with Crippen molar-refractivity contribution < 1.29 is 14.3 Å². The maximum absolute atomic E-state index is 13.1. The fourth-order valence-corrected chi connectivity index (χ4v) is 5.27. The molecule has 0 bridgehead atoms. The van der Waals surface area contributed by atoms with Gasteiger partial charge in [0.2, 0.25) is 11.6 Å². The van der Waals surface area contributed by atoms with Gasteiger partial charge in [0, 0.05) is 11.1 Å². The van der Waals surface area contributed by atoms with Crippen molar-refractivity contribution in [1.29, 1.82) is 0 Å². The van der Waals surface area contributed by atoms with Crippen LogP contribution < -0.4 is 4.74 Å². The summed E-state index contributed by atoms with van der Waals surface area (Å²) in [7, 11) is 0. The number of ether oxygens (including phenoxy) is 1. The van der Waals surface area contributed by atoms with Crippen molar-refractivity contribution in [3.63, 3.8) is 0 Å². The zero-order chi connectivity index (χ0) is 29.8. The van der Waals surface area contributed by atoms with Gasteiger partial charge in [-0.05, 0) is 97.5 Å². The SMILES string of the molecule is Cc1cc(C(=O)/C(Cl)=C(\Cl)c2ccccc2C)ccc1Oc1ccc(C(=O)/C(Cl)=C(\Cl)c2ccccc2C)cc1C. The van der Waals surface area contributed by atoms with Crippen LogP contribution in [0.15, 0.2) is 95.0 Å². The summed E-state index contributed by atoms with van der Waals surface area (Å²) in [6.07, 6.45) is 0. The Balaban J connectivity index is 1.54. The Bertz CT molecular complexity index is 1610. The Morgan fingerprint density at radius 2 is 0.878 bits per heavy atom. The van der Waals surface area contributed by atoms with Gasteiger partial charge in [0.1, 0.15) is 21.6 Å². The van der Waals surface area contributed by atoms with E-state index in [2.05, 4.69) is 0 Å². The fourth-order valence-electron chi connectivity index (χ4n) is 4.26. The first kappa shape index (κ1) is 30.6. The van der Waals surface area contributed by atoms with Crippen molar-refractivity contribution in [2.24, 2.45) is 0 Å². The molecule has 0 aliphatic rings. The highest BCUT2D eigenvalue weighted by Crippen LogP contribution is 2.34. The summed E-state index contributed by atoms with van der Waals surface area (Å²) < 4.78 is 6.13. The van der Waals surface area contributed by atoms with Crippen molar-refractivity contribution in [3.05, 3.63) is 140 Å². The van der Waals surface area contributed by atoms with E-state index in [4.69, 9.17) is 51.1 Å².